The molecule has 0 bridgehead atoms. The highest BCUT2D eigenvalue weighted by Gasteiger charge is 2.22. The number of aliphatic carboxylic acids is 1. The number of carbonyl (C=O) groups is 1. The minimum Gasteiger partial charge on any atom is -0.508 e. The molecule has 0 aliphatic carbocycles. The maximum Gasteiger partial charge on any atom is 0.311 e. The standard InChI is InChI=1S/C15H12Br2O4/c16-12-7-10(18)3-1-9(12)5-11(15(20)21)8-2-4-14(19)13(17)6-8/h1-4,6-7,11,18-19H,5H2,(H,20,21). The van der Waals surface area contributed by atoms with Crippen molar-refractivity contribution in [1.29, 1.82) is 0 Å². The third kappa shape index (κ3) is 3.77. The van der Waals surface area contributed by atoms with E-state index in [9.17, 15) is 20.1 Å². The van der Waals surface area contributed by atoms with E-state index in [2.05, 4.69) is 31.9 Å². The molecule has 2 aromatic carbocycles. The van der Waals surface area contributed by atoms with Crippen LogP contribution in [0.1, 0.15) is 17.0 Å². The lowest BCUT2D eigenvalue weighted by molar-refractivity contribution is -0.138. The first-order valence-corrected chi connectivity index (χ1v) is 7.65. The monoisotopic (exact) mass is 414 g/mol. The van der Waals surface area contributed by atoms with Crippen molar-refractivity contribution >= 4 is 37.8 Å². The van der Waals surface area contributed by atoms with Gasteiger partial charge in [-0.25, -0.2) is 0 Å². The van der Waals surface area contributed by atoms with Crippen LogP contribution in [0, 0.1) is 0 Å². The largest absolute Gasteiger partial charge is 0.508 e. The van der Waals surface area contributed by atoms with Gasteiger partial charge in [-0.2, -0.15) is 0 Å². The molecule has 1 unspecified atom stereocenters. The molecule has 0 aliphatic rings. The van der Waals surface area contributed by atoms with Crippen LogP contribution >= 0.6 is 31.9 Å². The van der Waals surface area contributed by atoms with Gasteiger partial charge >= 0.3 is 5.97 Å². The van der Waals surface area contributed by atoms with E-state index in [0.717, 1.165) is 5.56 Å². The minimum atomic E-state index is -0.951. The first kappa shape index (κ1) is 15.9. The number of carboxylic acid groups (broad SMARTS) is 1. The summed E-state index contributed by atoms with van der Waals surface area (Å²) in [5.74, 6) is -1.52. The first-order chi connectivity index (χ1) is 9.88. The van der Waals surface area contributed by atoms with E-state index >= 15 is 0 Å². The van der Waals surface area contributed by atoms with Gasteiger partial charge in [-0.15, -0.1) is 0 Å². The van der Waals surface area contributed by atoms with Crippen LogP contribution in [-0.2, 0) is 11.2 Å². The van der Waals surface area contributed by atoms with Crippen molar-refractivity contribution in [1.82, 2.24) is 0 Å². The number of phenolic OH excluding ortho intramolecular Hbond substituents is 2. The number of rotatable bonds is 4. The molecule has 0 radical (unpaired) electrons. The second-order valence-corrected chi connectivity index (χ2v) is 6.29. The van der Waals surface area contributed by atoms with Crippen LogP contribution in [0.25, 0.3) is 0 Å². The van der Waals surface area contributed by atoms with Gasteiger partial charge in [0.2, 0.25) is 0 Å². The molecule has 6 heteroatoms. The van der Waals surface area contributed by atoms with Gasteiger partial charge in [0.15, 0.2) is 0 Å². The highest BCUT2D eigenvalue weighted by Crippen LogP contribution is 2.32. The number of phenols is 2. The first-order valence-electron chi connectivity index (χ1n) is 6.07. The molecule has 2 aromatic rings. The molecule has 0 aromatic heterocycles. The van der Waals surface area contributed by atoms with Gasteiger partial charge in [0, 0.05) is 4.47 Å². The Labute approximate surface area is 138 Å². The number of carboxylic acids is 1. The van der Waals surface area contributed by atoms with Crippen molar-refractivity contribution in [3.8, 4) is 11.5 Å². The van der Waals surface area contributed by atoms with Crippen LogP contribution in [0.15, 0.2) is 45.3 Å². The van der Waals surface area contributed by atoms with E-state index < -0.39 is 11.9 Å². The third-order valence-electron chi connectivity index (χ3n) is 3.13. The summed E-state index contributed by atoms with van der Waals surface area (Å²) in [7, 11) is 0. The number of benzene rings is 2. The van der Waals surface area contributed by atoms with Gasteiger partial charge in [0.05, 0.1) is 10.4 Å². The fourth-order valence-corrected chi connectivity index (χ4v) is 2.93. The Morgan fingerprint density at radius 3 is 2.33 bits per heavy atom. The normalized spacial score (nSPS) is 12.1. The molecular formula is C15H12Br2O4. The predicted molar refractivity (Wildman–Crippen MR) is 85.7 cm³/mol. The molecule has 21 heavy (non-hydrogen) atoms. The maximum atomic E-state index is 11.5. The molecule has 3 N–H and O–H groups in total. The van der Waals surface area contributed by atoms with E-state index in [1.54, 1.807) is 18.2 Å². The summed E-state index contributed by atoms with van der Waals surface area (Å²) >= 11 is 6.51. The molecule has 1 atom stereocenters. The average Bonchev–Trinajstić information content (AvgIpc) is 2.41. The van der Waals surface area contributed by atoms with E-state index in [1.165, 1.54) is 18.2 Å². The molecule has 0 amide bonds. The second-order valence-electron chi connectivity index (χ2n) is 4.58. The summed E-state index contributed by atoms with van der Waals surface area (Å²) in [6.07, 6.45) is 0.271. The highest BCUT2D eigenvalue weighted by molar-refractivity contribution is 9.10. The second kappa shape index (κ2) is 6.49. The van der Waals surface area contributed by atoms with Crippen molar-refractivity contribution in [3.05, 3.63) is 56.5 Å². The number of hydrogen-bond donors (Lipinski definition) is 3. The fraction of sp³-hybridized carbons (Fsp3) is 0.133. The predicted octanol–water partition coefficient (Wildman–Crippen LogP) is 4.03. The lowest BCUT2D eigenvalue weighted by Crippen LogP contribution is -2.14. The lowest BCUT2D eigenvalue weighted by atomic mass is 9.92. The van der Waals surface area contributed by atoms with Crippen LogP contribution in [-0.4, -0.2) is 21.3 Å². The fourth-order valence-electron chi connectivity index (χ4n) is 2.01. The number of aromatic hydroxyl groups is 2. The molecule has 110 valence electrons. The molecule has 4 nitrogen and oxygen atoms in total. The SMILES string of the molecule is O=C(O)C(Cc1ccc(O)cc1Br)c1ccc(O)c(Br)c1. The minimum absolute atomic E-state index is 0.0636. The van der Waals surface area contributed by atoms with E-state index in [0.29, 0.717) is 14.5 Å². The molecular weight excluding hydrogens is 404 g/mol. The number of halogens is 2. The molecule has 0 heterocycles. The summed E-state index contributed by atoms with van der Waals surface area (Å²) in [5, 5.41) is 28.3. The smallest absolute Gasteiger partial charge is 0.311 e. The van der Waals surface area contributed by atoms with Crippen LogP contribution in [0.4, 0.5) is 0 Å². The van der Waals surface area contributed by atoms with Crippen molar-refractivity contribution in [2.45, 2.75) is 12.3 Å². The van der Waals surface area contributed by atoms with Gasteiger partial charge in [-0.3, -0.25) is 4.79 Å². The van der Waals surface area contributed by atoms with Crippen molar-refractivity contribution < 1.29 is 20.1 Å². The zero-order valence-corrected chi connectivity index (χ0v) is 13.9. The Balaban J connectivity index is 2.35. The summed E-state index contributed by atoms with van der Waals surface area (Å²) in [5.41, 5.74) is 1.37. The zero-order chi connectivity index (χ0) is 15.6. The average molecular weight is 416 g/mol. The Morgan fingerprint density at radius 1 is 1.05 bits per heavy atom. The molecule has 0 fully saturated rings. The highest BCUT2D eigenvalue weighted by atomic mass is 79.9. The van der Waals surface area contributed by atoms with Crippen LogP contribution in [0.2, 0.25) is 0 Å². The van der Waals surface area contributed by atoms with Crippen molar-refractivity contribution in [3.63, 3.8) is 0 Å². The topological polar surface area (TPSA) is 77.8 Å². The molecule has 0 spiro atoms. The maximum absolute atomic E-state index is 11.5. The molecule has 0 saturated carbocycles. The van der Waals surface area contributed by atoms with E-state index in [4.69, 9.17) is 0 Å². The van der Waals surface area contributed by atoms with E-state index in [-0.39, 0.29) is 17.9 Å². The number of hydrogen-bond acceptors (Lipinski definition) is 3. The summed E-state index contributed by atoms with van der Waals surface area (Å²) in [6, 6.07) is 9.38. The summed E-state index contributed by atoms with van der Waals surface area (Å²) < 4.78 is 1.11. The Morgan fingerprint density at radius 2 is 1.76 bits per heavy atom. The van der Waals surface area contributed by atoms with Gasteiger partial charge in [-0.1, -0.05) is 28.1 Å². The molecule has 0 aliphatic heterocycles. The zero-order valence-electron chi connectivity index (χ0n) is 10.8. The Bertz CT molecular complexity index is 685. The lowest BCUT2D eigenvalue weighted by Gasteiger charge is -2.15. The van der Waals surface area contributed by atoms with Crippen molar-refractivity contribution in [2.24, 2.45) is 0 Å². The van der Waals surface area contributed by atoms with Crippen LogP contribution in [0.5, 0.6) is 11.5 Å². The quantitative estimate of drug-likeness (QED) is 0.704. The summed E-state index contributed by atoms with van der Waals surface area (Å²) in [6.45, 7) is 0. The van der Waals surface area contributed by atoms with Gasteiger partial charge in [0.1, 0.15) is 11.5 Å². The molecule has 2 rings (SSSR count). The van der Waals surface area contributed by atoms with Gasteiger partial charge < -0.3 is 15.3 Å². The van der Waals surface area contributed by atoms with Crippen LogP contribution < -0.4 is 0 Å². The van der Waals surface area contributed by atoms with Crippen molar-refractivity contribution in [2.75, 3.05) is 0 Å². The van der Waals surface area contributed by atoms with Gasteiger partial charge in [-0.05, 0) is 57.7 Å². The van der Waals surface area contributed by atoms with Crippen LogP contribution in [0.3, 0.4) is 0 Å². The Hall–Kier alpha value is -1.53. The van der Waals surface area contributed by atoms with E-state index in [1.807, 2.05) is 0 Å². The Kier molecular flexibility index (Phi) is 4.90. The van der Waals surface area contributed by atoms with Gasteiger partial charge in [0.25, 0.3) is 0 Å². The molecule has 0 saturated heterocycles. The third-order valence-corrected chi connectivity index (χ3v) is 4.51. The summed E-state index contributed by atoms with van der Waals surface area (Å²) in [4.78, 5) is 11.5.